The Morgan fingerprint density at radius 1 is 0.455 bits per heavy atom. The number of para-hydroxylation sites is 2. The average Bonchev–Trinajstić information content (AvgIpc) is 3.24. The second-order valence-corrected chi connectivity index (χ2v) is 13.1. The Kier molecular flexibility index (Phi) is 4.90. The van der Waals surface area contributed by atoms with E-state index in [1.54, 1.807) is 0 Å². The summed E-state index contributed by atoms with van der Waals surface area (Å²) in [5.41, 5.74) is 3.54. The highest BCUT2D eigenvalue weighted by Crippen LogP contribution is 2.31. The molecule has 0 bridgehead atoms. The molecule has 0 N–H and O–H groups in total. The van der Waals surface area contributed by atoms with Crippen molar-refractivity contribution in [1.29, 1.82) is 0 Å². The lowest BCUT2D eigenvalue weighted by Crippen LogP contribution is -2.62. The number of benzene rings is 5. The maximum Gasteiger partial charge on any atom is 0.248 e. The van der Waals surface area contributed by atoms with Gasteiger partial charge in [0.1, 0.15) is 0 Å². The van der Waals surface area contributed by atoms with Gasteiger partial charge in [-0.15, -0.1) is 11.1 Å². The largest absolute Gasteiger partial charge is 0.309 e. The lowest BCUT2D eigenvalue weighted by molar-refractivity contribution is 1.18. The van der Waals surface area contributed by atoms with Gasteiger partial charge in [0.15, 0.2) is 0 Å². The minimum absolute atomic E-state index is 1.13. The van der Waals surface area contributed by atoms with Crippen molar-refractivity contribution in [3.63, 3.8) is 0 Å². The van der Waals surface area contributed by atoms with Crippen molar-refractivity contribution in [2.24, 2.45) is 0 Å². The van der Waals surface area contributed by atoms with Gasteiger partial charge < -0.3 is 4.57 Å². The van der Waals surface area contributed by atoms with Crippen molar-refractivity contribution in [3.05, 3.63) is 133 Å². The van der Waals surface area contributed by atoms with Crippen LogP contribution in [0.4, 0.5) is 0 Å². The molecule has 33 heavy (non-hydrogen) atoms. The summed E-state index contributed by atoms with van der Waals surface area (Å²) < 4.78 is 2.36. The summed E-state index contributed by atoms with van der Waals surface area (Å²) in [6.07, 6.45) is 0. The van der Waals surface area contributed by atoms with Gasteiger partial charge in [0.25, 0.3) is 0 Å². The van der Waals surface area contributed by atoms with E-state index >= 15 is 0 Å². The molecule has 158 valence electrons. The number of hydrogen-bond acceptors (Lipinski definition) is 0. The smallest absolute Gasteiger partial charge is 0.248 e. The van der Waals surface area contributed by atoms with E-state index in [1.807, 2.05) is 0 Å². The van der Waals surface area contributed by atoms with E-state index in [-0.39, 0.29) is 0 Å². The van der Waals surface area contributed by atoms with Crippen molar-refractivity contribution in [2.45, 2.75) is 0 Å². The van der Waals surface area contributed by atoms with E-state index in [0.29, 0.717) is 0 Å². The van der Waals surface area contributed by atoms with Crippen molar-refractivity contribution >= 4 is 55.8 Å². The predicted octanol–water partition coefficient (Wildman–Crippen LogP) is 5.99. The fourth-order valence-electron chi connectivity index (χ4n) is 4.90. The molecule has 0 unspecified atom stereocenters. The van der Waals surface area contributed by atoms with E-state index in [2.05, 4.69) is 138 Å². The van der Waals surface area contributed by atoms with Gasteiger partial charge in [-0.2, -0.15) is 0 Å². The third-order valence-corrected chi connectivity index (χ3v) is 11.8. The van der Waals surface area contributed by atoms with Crippen LogP contribution >= 0.6 is 11.1 Å². The van der Waals surface area contributed by atoms with Crippen LogP contribution < -0.4 is 15.6 Å². The normalized spacial score (nSPS) is 11.8. The molecule has 6 aromatic rings. The maximum absolute atomic E-state index is 7.71. The average molecular weight is 460 g/mol. The molecule has 0 saturated carbocycles. The number of hydrogen-bond donors (Lipinski definition) is 0. The molecule has 0 radical (unpaired) electrons. The number of nitrogens with zero attached hydrogens (tertiary/aromatic N) is 1. The topological polar surface area (TPSA) is 4.93 Å². The van der Waals surface area contributed by atoms with Crippen LogP contribution in [0.3, 0.4) is 0 Å². The highest BCUT2D eigenvalue weighted by molar-refractivity contribution is 7.40. The monoisotopic (exact) mass is 459 g/mol. The van der Waals surface area contributed by atoms with Crippen LogP contribution in [0, 0.1) is 0 Å². The van der Waals surface area contributed by atoms with E-state index in [9.17, 15) is 0 Å². The summed E-state index contributed by atoms with van der Waals surface area (Å²) in [6, 6.07) is 47.1. The second-order valence-electron chi connectivity index (χ2n) is 8.31. The molecule has 0 spiro atoms. The van der Waals surface area contributed by atoms with Gasteiger partial charge in [-0.3, -0.25) is 0 Å². The fraction of sp³-hybridized carbons (Fsp3) is 0. The first kappa shape index (κ1) is 20.0. The van der Waals surface area contributed by atoms with Crippen molar-refractivity contribution in [3.8, 4) is 5.69 Å². The first-order valence-corrected chi connectivity index (χ1v) is 14.2. The summed E-state index contributed by atoms with van der Waals surface area (Å²) in [4.78, 5) is 0. The summed E-state index contributed by atoms with van der Waals surface area (Å²) in [5, 5.41) is 6.09. The molecule has 6 rings (SSSR count). The summed E-state index contributed by atoms with van der Waals surface area (Å²) >= 11 is 7.71. The molecule has 0 aliphatic carbocycles. The third kappa shape index (κ3) is 3.22. The first-order valence-electron chi connectivity index (χ1n) is 11.2. The first-order chi connectivity index (χ1) is 16.3. The van der Waals surface area contributed by atoms with Gasteiger partial charge in [0.05, 0.1) is 11.0 Å². The molecular formula is C30H22ClNSi. The Morgan fingerprint density at radius 3 is 1.45 bits per heavy atom. The molecule has 1 heterocycles. The summed E-state index contributed by atoms with van der Waals surface area (Å²) in [5.74, 6) is 0. The summed E-state index contributed by atoms with van der Waals surface area (Å²) in [7, 11) is -2.70. The molecule has 3 heteroatoms. The van der Waals surface area contributed by atoms with Gasteiger partial charge in [0, 0.05) is 16.5 Å². The van der Waals surface area contributed by atoms with Gasteiger partial charge in [-0.25, -0.2) is 0 Å². The SMILES string of the molecule is Cl[Si](c1ccccc1)(c1ccccc1)c1cccc(-n2c3ccccc3c3ccccc32)c1. The Balaban J connectivity index is 1.63. The lowest BCUT2D eigenvalue weighted by Gasteiger charge is -2.27. The number of aromatic nitrogens is 1. The molecule has 5 aromatic carbocycles. The van der Waals surface area contributed by atoms with E-state index in [0.717, 1.165) is 5.69 Å². The standard InChI is InChI=1S/C30H22ClNSi/c31-33(24-13-3-1-4-14-24,25-15-5-2-6-16-25)26-17-11-12-23(22-26)32-29-20-9-7-18-27(29)28-19-8-10-21-30(28)32/h1-22H. The minimum atomic E-state index is -2.70. The predicted molar refractivity (Wildman–Crippen MR) is 144 cm³/mol. The van der Waals surface area contributed by atoms with Crippen molar-refractivity contribution in [1.82, 2.24) is 4.57 Å². The molecule has 1 nitrogen and oxygen atoms in total. The number of fused-ring (bicyclic) bond motifs is 3. The molecular weight excluding hydrogens is 438 g/mol. The molecule has 0 fully saturated rings. The van der Waals surface area contributed by atoms with Gasteiger partial charge in [-0.1, -0.05) is 109 Å². The van der Waals surface area contributed by atoms with E-state index in [4.69, 9.17) is 11.1 Å². The van der Waals surface area contributed by atoms with Crippen LogP contribution in [0.15, 0.2) is 133 Å². The van der Waals surface area contributed by atoms with Crippen LogP contribution in [0.1, 0.15) is 0 Å². The van der Waals surface area contributed by atoms with Crippen LogP contribution in [0.25, 0.3) is 27.5 Å². The zero-order valence-corrected chi connectivity index (χ0v) is 19.8. The van der Waals surface area contributed by atoms with E-state index < -0.39 is 7.38 Å². The molecule has 0 aliphatic rings. The Labute approximate surface area is 199 Å². The fourth-order valence-corrected chi connectivity index (χ4v) is 8.98. The highest BCUT2D eigenvalue weighted by Gasteiger charge is 2.38. The van der Waals surface area contributed by atoms with Crippen LogP contribution in [-0.4, -0.2) is 12.0 Å². The third-order valence-electron chi connectivity index (χ3n) is 6.43. The van der Waals surface area contributed by atoms with Crippen molar-refractivity contribution in [2.75, 3.05) is 0 Å². The lowest BCUT2D eigenvalue weighted by atomic mass is 10.2. The van der Waals surface area contributed by atoms with Gasteiger partial charge >= 0.3 is 0 Å². The quantitative estimate of drug-likeness (QED) is 0.173. The number of halogens is 1. The molecule has 0 amide bonds. The molecule has 0 aliphatic heterocycles. The minimum Gasteiger partial charge on any atom is -0.309 e. The molecule has 0 atom stereocenters. The van der Waals surface area contributed by atoms with Crippen LogP contribution in [-0.2, 0) is 0 Å². The molecule has 1 aromatic heterocycles. The van der Waals surface area contributed by atoms with Gasteiger partial charge in [0.2, 0.25) is 7.38 Å². The second kappa shape index (κ2) is 8.07. The molecule has 0 saturated heterocycles. The Hall–Kier alpha value is -3.59. The Bertz CT molecular complexity index is 1480. The van der Waals surface area contributed by atoms with Crippen LogP contribution in [0.2, 0.25) is 0 Å². The van der Waals surface area contributed by atoms with Gasteiger partial charge in [-0.05, 0) is 39.8 Å². The highest BCUT2D eigenvalue weighted by atomic mass is 35.6. The number of rotatable bonds is 4. The maximum atomic E-state index is 7.71. The van der Waals surface area contributed by atoms with Crippen molar-refractivity contribution < 1.29 is 0 Å². The summed E-state index contributed by atoms with van der Waals surface area (Å²) in [6.45, 7) is 0. The zero-order chi connectivity index (χ0) is 22.3. The van der Waals surface area contributed by atoms with Crippen LogP contribution in [0.5, 0.6) is 0 Å². The zero-order valence-electron chi connectivity index (χ0n) is 18.0. The van der Waals surface area contributed by atoms with E-state index in [1.165, 1.54) is 37.4 Å². The Morgan fingerprint density at radius 2 is 0.909 bits per heavy atom.